The maximum Gasteiger partial charge on any atom is 0.306 e. The van der Waals surface area contributed by atoms with Crippen LogP contribution in [0.1, 0.15) is 39.9 Å². The molecule has 0 saturated carbocycles. The van der Waals surface area contributed by atoms with Crippen molar-refractivity contribution in [2.24, 2.45) is 0 Å². The van der Waals surface area contributed by atoms with Gasteiger partial charge in [-0.05, 0) is 25.0 Å². The number of nitrogens with zero attached hydrogens (tertiary/aromatic N) is 1. The van der Waals surface area contributed by atoms with Crippen LogP contribution in [0.4, 0.5) is 0 Å². The fraction of sp³-hybridized carbons (Fsp3) is 0.600. The average Bonchev–Trinajstić information content (AvgIpc) is 2.79. The van der Waals surface area contributed by atoms with Crippen LogP contribution in [0.3, 0.4) is 0 Å². The van der Waals surface area contributed by atoms with Gasteiger partial charge < -0.3 is 14.7 Å². The van der Waals surface area contributed by atoms with Crippen LogP contribution in [0.5, 0.6) is 0 Å². The fourth-order valence-corrected chi connectivity index (χ4v) is 3.56. The van der Waals surface area contributed by atoms with Crippen molar-refractivity contribution in [3.63, 3.8) is 0 Å². The molecular weight excluding hydrogens is 290 g/mol. The van der Waals surface area contributed by atoms with E-state index in [0.717, 1.165) is 17.7 Å². The summed E-state index contributed by atoms with van der Waals surface area (Å²) in [6.45, 7) is 5.44. The number of carboxylic acid groups (broad SMARTS) is 1. The molecule has 1 saturated heterocycles. The first-order chi connectivity index (χ1) is 10.0. The van der Waals surface area contributed by atoms with Gasteiger partial charge in [0.25, 0.3) is 5.91 Å². The molecule has 2 rings (SSSR count). The summed E-state index contributed by atoms with van der Waals surface area (Å²) in [5, 5.41) is 8.83. The third-order valence-corrected chi connectivity index (χ3v) is 4.66. The van der Waals surface area contributed by atoms with Gasteiger partial charge in [-0.15, -0.1) is 11.3 Å². The van der Waals surface area contributed by atoms with Gasteiger partial charge in [0.15, 0.2) is 0 Å². The Morgan fingerprint density at radius 3 is 2.95 bits per heavy atom. The number of amides is 1. The lowest BCUT2D eigenvalue weighted by Gasteiger charge is -2.32. The van der Waals surface area contributed by atoms with Crippen LogP contribution in [0, 0.1) is 6.92 Å². The Hall–Kier alpha value is -1.40. The summed E-state index contributed by atoms with van der Waals surface area (Å²) < 4.78 is 5.40. The van der Waals surface area contributed by atoms with Crippen molar-refractivity contribution in [3.8, 4) is 0 Å². The largest absolute Gasteiger partial charge is 0.481 e. The Balaban J connectivity index is 2.05. The lowest BCUT2D eigenvalue weighted by molar-refractivity contribution is -0.141. The SMILES string of the molecule is CCCc1cc(C(=O)N2CCO[C@@H](CC(=O)O)C2)sc1C. The van der Waals surface area contributed by atoms with Crippen molar-refractivity contribution in [2.45, 2.75) is 39.2 Å². The average molecular weight is 311 g/mol. The molecule has 1 fully saturated rings. The molecule has 1 aliphatic rings. The normalized spacial score (nSPS) is 18.8. The van der Waals surface area contributed by atoms with Gasteiger partial charge in [0.1, 0.15) is 0 Å². The summed E-state index contributed by atoms with van der Waals surface area (Å²) >= 11 is 1.52. The quantitative estimate of drug-likeness (QED) is 0.906. The molecular formula is C15H21NO4S. The molecule has 0 radical (unpaired) electrons. The minimum Gasteiger partial charge on any atom is -0.481 e. The fourth-order valence-electron chi connectivity index (χ4n) is 2.52. The predicted molar refractivity (Wildman–Crippen MR) is 80.9 cm³/mol. The second-order valence-electron chi connectivity index (χ2n) is 5.28. The lowest BCUT2D eigenvalue weighted by Crippen LogP contribution is -2.46. The van der Waals surface area contributed by atoms with Gasteiger partial charge in [-0.1, -0.05) is 13.3 Å². The number of hydrogen-bond donors (Lipinski definition) is 1. The Bertz CT molecular complexity index is 526. The van der Waals surface area contributed by atoms with Crippen molar-refractivity contribution in [1.82, 2.24) is 4.90 Å². The summed E-state index contributed by atoms with van der Waals surface area (Å²) in [5.74, 6) is -0.907. The number of carbonyl (C=O) groups is 2. The van der Waals surface area contributed by atoms with Crippen LogP contribution in [0.15, 0.2) is 6.07 Å². The first kappa shape index (κ1) is 16.0. The molecule has 1 aliphatic heterocycles. The van der Waals surface area contributed by atoms with Crippen LogP contribution in [-0.2, 0) is 16.0 Å². The van der Waals surface area contributed by atoms with Gasteiger partial charge in [-0.3, -0.25) is 9.59 Å². The smallest absolute Gasteiger partial charge is 0.306 e. The number of carbonyl (C=O) groups excluding carboxylic acids is 1. The highest BCUT2D eigenvalue weighted by atomic mass is 32.1. The summed E-state index contributed by atoms with van der Waals surface area (Å²) in [5.41, 5.74) is 1.24. The van der Waals surface area contributed by atoms with Crippen LogP contribution in [0.2, 0.25) is 0 Å². The molecule has 0 unspecified atom stereocenters. The lowest BCUT2D eigenvalue weighted by atomic mass is 10.1. The number of carboxylic acids is 1. The number of aliphatic carboxylic acids is 1. The maximum absolute atomic E-state index is 12.5. The molecule has 1 aromatic rings. The second kappa shape index (κ2) is 7.04. The van der Waals surface area contributed by atoms with E-state index in [1.807, 2.05) is 13.0 Å². The van der Waals surface area contributed by atoms with E-state index in [1.165, 1.54) is 21.8 Å². The van der Waals surface area contributed by atoms with E-state index in [2.05, 4.69) is 6.92 Å². The minimum absolute atomic E-state index is 0.0101. The number of ether oxygens (including phenoxy) is 1. The molecule has 0 aromatic carbocycles. The maximum atomic E-state index is 12.5. The van der Waals surface area contributed by atoms with Crippen molar-refractivity contribution >= 4 is 23.2 Å². The molecule has 116 valence electrons. The number of aryl methyl sites for hydroxylation is 2. The standard InChI is InChI=1S/C15H21NO4S/c1-3-4-11-7-13(21-10(11)2)15(19)16-5-6-20-12(9-16)8-14(17)18/h7,12H,3-6,8-9H2,1-2H3,(H,17,18)/t12-/m0/s1. The summed E-state index contributed by atoms with van der Waals surface area (Å²) in [6, 6.07) is 1.98. The van der Waals surface area contributed by atoms with Gasteiger partial charge in [0.05, 0.1) is 24.0 Å². The highest BCUT2D eigenvalue weighted by Gasteiger charge is 2.27. The van der Waals surface area contributed by atoms with E-state index in [-0.39, 0.29) is 12.3 Å². The van der Waals surface area contributed by atoms with Crippen LogP contribution < -0.4 is 0 Å². The predicted octanol–water partition coefficient (Wildman–Crippen LogP) is 2.32. The van der Waals surface area contributed by atoms with E-state index in [0.29, 0.717) is 19.7 Å². The number of rotatable bonds is 5. The zero-order valence-electron chi connectivity index (χ0n) is 12.4. The van der Waals surface area contributed by atoms with Crippen molar-refractivity contribution < 1.29 is 19.4 Å². The first-order valence-electron chi connectivity index (χ1n) is 7.23. The summed E-state index contributed by atoms with van der Waals surface area (Å²) in [4.78, 5) is 26.9. The summed E-state index contributed by atoms with van der Waals surface area (Å²) in [6.07, 6.45) is 1.58. The molecule has 1 aromatic heterocycles. The van der Waals surface area contributed by atoms with Gasteiger partial charge in [0, 0.05) is 18.0 Å². The third kappa shape index (κ3) is 4.04. The van der Waals surface area contributed by atoms with E-state index >= 15 is 0 Å². The number of hydrogen-bond acceptors (Lipinski definition) is 4. The van der Waals surface area contributed by atoms with Gasteiger partial charge >= 0.3 is 5.97 Å². The Labute approximate surface area is 128 Å². The minimum atomic E-state index is -0.897. The van der Waals surface area contributed by atoms with E-state index in [9.17, 15) is 9.59 Å². The molecule has 1 amide bonds. The van der Waals surface area contributed by atoms with Crippen molar-refractivity contribution in [2.75, 3.05) is 19.7 Å². The molecule has 0 aliphatic carbocycles. The van der Waals surface area contributed by atoms with Crippen LogP contribution in [0.25, 0.3) is 0 Å². The molecule has 2 heterocycles. The third-order valence-electron chi connectivity index (χ3n) is 3.58. The molecule has 5 nitrogen and oxygen atoms in total. The van der Waals surface area contributed by atoms with Crippen molar-refractivity contribution in [3.05, 3.63) is 21.4 Å². The molecule has 1 atom stereocenters. The van der Waals surface area contributed by atoms with Gasteiger partial charge in [0.2, 0.25) is 0 Å². The zero-order chi connectivity index (χ0) is 15.4. The highest BCUT2D eigenvalue weighted by molar-refractivity contribution is 7.14. The van der Waals surface area contributed by atoms with E-state index in [4.69, 9.17) is 9.84 Å². The number of morpholine rings is 1. The van der Waals surface area contributed by atoms with Crippen LogP contribution >= 0.6 is 11.3 Å². The number of thiophene rings is 1. The molecule has 0 bridgehead atoms. The van der Waals surface area contributed by atoms with Gasteiger partial charge in [-0.25, -0.2) is 0 Å². The molecule has 6 heteroatoms. The van der Waals surface area contributed by atoms with Crippen LogP contribution in [-0.4, -0.2) is 47.7 Å². The molecule has 1 N–H and O–H groups in total. The van der Waals surface area contributed by atoms with Gasteiger partial charge in [-0.2, -0.15) is 0 Å². The monoisotopic (exact) mass is 311 g/mol. The first-order valence-corrected chi connectivity index (χ1v) is 8.05. The second-order valence-corrected chi connectivity index (χ2v) is 6.54. The van der Waals surface area contributed by atoms with E-state index < -0.39 is 12.1 Å². The topological polar surface area (TPSA) is 66.8 Å². The van der Waals surface area contributed by atoms with E-state index in [1.54, 1.807) is 4.90 Å². The Morgan fingerprint density at radius 2 is 2.29 bits per heavy atom. The Kier molecular flexibility index (Phi) is 5.36. The molecule has 0 spiro atoms. The Morgan fingerprint density at radius 1 is 1.52 bits per heavy atom. The summed E-state index contributed by atoms with van der Waals surface area (Å²) in [7, 11) is 0. The molecule has 21 heavy (non-hydrogen) atoms. The van der Waals surface area contributed by atoms with Crippen molar-refractivity contribution in [1.29, 1.82) is 0 Å². The highest BCUT2D eigenvalue weighted by Crippen LogP contribution is 2.25. The zero-order valence-corrected chi connectivity index (χ0v) is 13.2.